The molecular formula is C12H17N3O3. The highest BCUT2D eigenvalue weighted by atomic mass is 16.4. The van der Waals surface area contributed by atoms with Gasteiger partial charge in [-0.1, -0.05) is 0 Å². The zero-order valence-corrected chi connectivity index (χ0v) is 10.7. The number of rotatable bonds is 4. The fourth-order valence-electron chi connectivity index (χ4n) is 1.53. The van der Waals surface area contributed by atoms with Gasteiger partial charge in [0.25, 0.3) is 0 Å². The van der Waals surface area contributed by atoms with Gasteiger partial charge >= 0.3 is 12.0 Å². The maximum Gasteiger partial charge on any atom is 0.354 e. The summed E-state index contributed by atoms with van der Waals surface area (Å²) in [4.78, 5) is 27.9. The summed E-state index contributed by atoms with van der Waals surface area (Å²) in [6.07, 6.45) is 1.33. The smallest absolute Gasteiger partial charge is 0.354 e. The number of anilines is 1. The molecule has 0 aliphatic rings. The Morgan fingerprint density at radius 1 is 1.44 bits per heavy atom. The summed E-state index contributed by atoms with van der Waals surface area (Å²) in [5, 5.41) is 11.4. The number of carbonyl (C=O) groups excluding carboxylic acids is 1. The van der Waals surface area contributed by atoms with Crippen LogP contribution in [-0.2, 0) is 0 Å². The second-order valence-electron chi connectivity index (χ2n) is 4.05. The van der Waals surface area contributed by atoms with Gasteiger partial charge in [-0.15, -0.1) is 0 Å². The minimum absolute atomic E-state index is 0.0517. The van der Waals surface area contributed by atoms with E-state index < -0.39 is 5.97 Å². The highest BCUT2D eigenvalue weighted by Gasteiger charge is 2.15. The molecule has 0 unspecified atom stereocenters. The average molecular weight is 251 g/mol. The molecule has 1 aromatic rings. The van der Waals surface area contributed by atoms with E-state index in [0.717, 1.165) is 0 Å². The van der Waals surface area contributed by atoms with Crippen LogP contribution < -0.4 is 5.32 Å². The third kappa shape index (κ3) is 3.44. The zero-order valence-electron chi connectivity index (χ0n) is 10.7. The predicted octanol–water partition coefficient (Wildman–Crippen LogP) is 2.04. The molecule has 18 heavy (non-hydrogen) atoms. The monoisotopic (exact) mass is 251 g/mol. The maximum atomic E-state index is 11.9. The summed E-state index contributed by atoms with van der Waals surface area (Å²) in [6.45, 7) is 6.35. The Morgan fingerprint density at radius 2 is 2.11 bits per heavy atom. The zero-order chi connectivity index (χ0) is 13.7. The van der Waals surface area contributed by atoms with Gasteiger partial charge in [0.05, 0.1) is 11.9 Å². The van der Waals surface area contributed by atoms with Gasteiger partial charge in [0.2, 0.25) is 0 Å². The average Bonchev–Trinajstić information content (AvgIpc) is 2.29. The number of hydrogen-bond acceptors (Lipinski definition) is 3. The number of nitrogens with zero attached hydrogens (tertiary/aromatic N) is 2. The van der Waals surface area contributed by atoms with Crippen LogP contribution >= 0.6 is 0 Å². The van der Waals surface area contributed by atoms with Crippen LogP contribution in [0.3, 0.4) is 0 Å². The van der Waals surface area contributed by atoms with Crippen molar-refractivity contribution in [3.05, 3.63) is 24.0 Å². The number of pyridine rings is 1. The van der Waals surface area contributed by atoms with Gasteiger partial charge in [-0.25, -0.2) is 14.6 Å². The number of carboxylic acid groups (broad SMARTS) is 1. The lowest BCUT2D eigenvalue weighted by atomic mass is 10.3. The van der Waals surface area contributed by atoms with Gasteiger partial charge in [0, 0.05) is 12.6 Å². The van der Waals surface area contributed by atoms with Crippen LogP contribution in [0.4, 0.5) is 10.5 Å². The van der Waals surface area contributed by atoms with Crippen molar-refractivity contribution in [3.8, 4) is 0 Å². The van der Waals surface area contributed by atoms with Crippen molar-refractivity contribution >= 4 is 17.7 Å². The summed E-state index contributed by atoms with van der Waals surface area (Å²) in [5.41, 5.74) is 0.424. The van der Waals surface area contributed by atoms with Crippen molar-refractivity contribution < 1.29 is 14.7 Å². The number of urea groups is 1. The third-order valence-electron chi connectivity index (χ3n) is 2.46. The number of nitrogens with one attached hydrogen (secondary N) is 1. The lowest BCUT2D eigenvalue weighted by Crippen LogP contribution is -2.39. The molecule has 6 nitrogen and oxygen atoms in total. The molecule has 0 bridgehead atoms. The van der Waals surface area contributed by atoms with Gasteiger partial charge in [0.1, 0.15) is 5.69 Å². The molecule has 0 fully saturated rings. The maximum absolute atomic E-state index is 11.9. The quantitative estimate of drug-likeness (QED) is 0.857. The van der Waals surface area contributed by atoms with Crippen LogP contribution in [-0.4, -0.2) is 39.6 Å². The van der Waals surface area contributed by atoms with Crippen LogP contribution in [0.25, 0.3) is 0 Å². The molecule has 98 valence electrons. The second kappa shape index (κ2) is 6.00. The van der Waals surface area contributed by atoms with Crippen LogP contribution in [0.1, 0.15) is 31.3 Å². The molecule has 6 heteroatoms. The molecule has 0 aliphatic heterocycles. The molecule has 0 spiro atoms. The number of aromatic carboxylic acids is 1. The van der Waals surface area contributed by atoms with E-state index in [4.69, 9.17) is 5.11 Å². The molecule has 0 saturated heterocycles. The van der Waals surface area contributed by atoms with Crippen molar-refractivity contribution in [2.45, 2.75) is 26.8 Å². The summed E-state index contributed by atoms with van der Waals surface area (Å²) >= 11 is 0. The molecule has 1 aromatic heterocycles. The molecule has 2 N–H and O–H groups in total. The van der Waals surface area contributed by atoms with E-state index in [2.05, 4.69) is 10.3 Å². The number of aromatic nitrogens is 1. The SMILES string of the molecule is CCN(C(=O)Nc1ccc(C(=O)O)nc1)C(C)C. The van der Waals surface area contributed by atoms with Gasteiger partial charge in [-0.2, -0.15) is 0 Å². The Kier molecular flexibility index (Phi) is 4.65. The van der Waals surface area contributed by atoms with Gasteiger partial charge in [0.15, 0.2) is 0 Å². The van der Waals surface area contributed by atoms with E-state index in [1.807, 2.05) is 20.8 Å². The van der Waals surface area contributed by atoms with E-state index in [1.165, 1.54) is 18.3 Å². The summed E-state index contributed by atoms with van der Waals surface area (Å²) in [5.74, 6) is -1.09. The molecule has 1 heterocycles. The van der Waals surface area contributed by atoms with Crippen molar-refractivity contribution in [1.82, 2.24) is 9.88 Å². The molecule has 0 radical (unpaired) electrons. The molecule has 0 saturated carbocycles. The Balaban J connectivity index is 2.73. The van der Waals surface area contributed by atoms with E-state index in [9.17, 15) is 9.59 Å². The van der Waals surface area contributed by atoms with Crippen molar-refractivity contribution in [3.63, 3.8) is 0 Å². The van der Waals surface area contributed by atoms with Gasteiger partial charge < -0.3 is 15.3 Å². The summed E-state index contributed by atoms with van der Waals surface area (Å²) in [6, 6.07) is 2.74. The van der Waals surface area contributed by atoms with E-state index in [-0.39, 0.29) is 17.8 Å². The lowest BCUT2D eigenvalue weighted by molar-refractivity contribution is 0.0690. The first kappa shape index (κ1) is 14.0. The highest BCUT2D eigenvalue weighted by Crippen LogP contribution is 2.09. The van der Waals surface area contributed by atoms with Gasteiger partial charge in [-0.05, 0) is 32.9 Å². The first-order valence-electron chi connectivity index (χ1n) is 5.72. The standard InChI is InChI=1S/C12H17N3O3/c1-4-15(8(2)3)12(18)14-9-5-6-10(11(16)17)13-7-9/h5-8H,4H2,1-3H3,(H,14,18)(H,16,17). The molecule has 0 atom stereocenters. The Bertz CT molecular complexity index is 429. The van der Waals surface area contributed by atoms with Crippen LogP contribution in [0.15, 0.2) is 18.3 Å². The topological polar surface area (TPSA) is 82.5 Å². The van der Waals surface area contributed by atoms with Crippen molar-refractivity contribution in [1.29, 1.82) is 0 Å². The van der Waals surface area contributed by atoms with E-state index >= 15 is 0 Å². The fourth-order valence-corrected chi connectivity index (χ4v) is 1.53. The summed E-state index contributed by atoms with van der Waals surface area (Å²) in [7, 11) is 0. The van der Waals surface area contributed by atoms with Crippen LogP contribution in [0.5, 0.6) is 0 Å². The van der Waals surface area contributed by atoms with E-state index in [1.54, 1.807) is 4.90 Å². The van der Waals surface area contributed by atoms with Crippen LogP contribution in [0.2, 0.25) is 0 Å². The minimum atomic E-state index is -1.09. The Hall–Kier alpha value is -2.11. The number of amides is 2. The number of carbonyl (C=O) groups is 2. The normalized spacial score (nSPS) is 10.2. The second-order valence-corrected chi connectivity index (χ2v) is 4.05. The molecule has 0 aromatic carbocycles. The first-order valence-corrected chi connectivity index (χ1v) is 5.72. The number of carboxylic acids is 1. The Labute approximate surface area is 106 Å². The minimum Gasteiger partial charge on any atom is -0.477 e. The summed E-state index contributed by atoms with van der Waals surface area (Å²) < 4.78 is 0. The third-order valence-corrected chi connectivity index (χ3v) is 2.46. The molecule has 0 aliphatic carbocycles. The van der Waals surface area contributed by atoms with E-state index in [0.29, 0.717) is 12.2 Å². The molecule has 2 amide bonds. The predicted molar refractivity (Wildman–Crippen MR) is 67.7 cm³/mol. The molecular weight excluding hydrogens is 234 g/mol. The highest BCUT2D eigenvalue weighted by molar-refractivity contribution is 5.90. The largest absolute Gasteiger partial charge is 0.477 e. The molecule has 1 rings (SSSR count). The fraction of sp³-hybridized carbons (Fsp3) is 0.417. The number of hydrogen-bond donors (Lipinski definition) is 2. The van der Waals surface area contributed by atoms with Gasteiger partial charge in [-0.3, -0.25) is 0 Å². The Morgan fingerprint density at radius 3 is 2.50 bits per heavy atom. The lowest BCUT2D eigenvalue weighted by Gasteiger charge is -2.25. The first-order chi connectivity index (χ1) is 8.45. The van der Waals surface area contributed by atoms with Crippen molar-refractivity contribution in [2.24, 2.45) is 0 Å². The van der Waals surface area contributed by atoms with Crippen LogP contribution in [0, 0.1) is 0 Å². The van der Waals surface area contributed by atoms with Crippen molar-refractivity contribution in [2.75, 3.05) is 11.9 Å².